The van der Waals surface area contributed by atoms with Gasteiger partial charge in [-0.1, -0.05) is 17.3 Å². The number of thioether (sulfide) groups is 1. The zero-order valence-corrected chi connectivity index (χ0v) is 18.1. The minimum Gasteiger partial charge on any atom is -0.360 e. The van der Waals surface area contributed by atoms with Crippen LogP contribution in [0.1, 0.15) is 23.8 Å². The molecule has 2 aromatic rings. The number of aryl methyl sites for hydroxylation is 3. The van der Waals surface area contributed by atoms with E-state index in [1.807, 2.05) is 32.0 Å². The molecule has 0 bridgehead atoms. The molecule has 2 rings (SSSR count). The molecule has 0 aliphatic carbocycles. The Morgan fingerprint density at radius 1 is 1.17 bits per heavy atom. The molecule has 1 aromatic carbocycles. The Balaban J connectivity index is 1.78. The van der Waals surface area contributed by atoms with Gasteiger partial charge in [-0.05, 0) is 44.9 Å². The first-order valence-electron chi connectivity index (χ1n) is 9.12. The van der Waals surface area contributed by atoms with Gasteiger partial charge in [0.15, 0.2) is 5.82 Å². The fourth-order valence-electron chi connectivity index (χ4n) is 2.40. The van der Waals surface area contributed by atoms with Crippen LogP contribution in [0.25, 0.3) is 0 Å². The molecule has 0 saturated heterocycles. The molecule has 9 heteroatoms. The van der Waals surface area contributed by atoms with Crippen LogP contribution in [0.2, 0.25) is 0 Å². The summed E-state index contributed by atoms with van der Waals surface area (Å²) in [4.78, 5) is 38.0. The molecule has 0 fully saturated rings. The van der Waals surface area contributed by atoms with Gasteiger partial charge in [-0.2, -0.15) is 0 Å². The Kier molecular flexibility index (Phi) is 7.83. The molecular weight excluding hydrogens is 392 g/mol. The van der Waals surface area contributed by atoms with Gasteiger partial charge in [0.25, 0.3) is 0 Å². The van der Waals surface area contributed by atoms with E-state index in [0.29, 0.717) is 11.6 Å². The summed E-state index contributed by atoms with van der Waals surface area (Å²) < 4.78 is 4.90. The highest BCUT2D eigenvalue weighted by atomic mass is 32.2. The summed E-state index contributed by atoms with van der Waals surface area (Å²) in [7, 11) is 1.56. The predicted molar refractivity (Wildman–Crippen MR) is 114 cm³/mol. The molecule has 0 aliphatic rings. The molecule has 3 amide bonds. The monoisotopic (exact) mass is 418 g/mol. The maximum absolute atomic E-state index is 12.3. The second-order valence-electron chi connectivity index (χ2n) is 6.88. The highest BCUT2D eigenvalue weighted by molar-refractivity contribution is 8.01. The fraction of sp³-hybridized carbons (Fsp3) is 0.400. The zero-order chi connectivity index (χ0) is 21.6. The van der Waals surface area contributed by atoms with Crippen LogP contribution in [0.3, 0.4) is 0 Å². The summed E-state index contributed by atoms with van der Waals surface area (Å²) in [6.45, 7) is 7.22. The molecule has 156 valence electrons. The van der Waals surface area contributed by atoms with Gasteiger partial charge in [0.1, 0.15) is 5.76 Å². The van der Waals surface area contributed by atoms with E-state index in [1.54, 1.807) is 27.0 Å². The van der Waals surface area contributed by atoms with Crippen LogP contribution in [-0.4, -0.2) is 52.4 Å². The SMILES string of the molecule is Cc1ccc(C)c(NC(=O)CN(C)C(=O)CS[C@@H](C)C(=O)Nc2cc(C)on2)c1. The molecule has 1 aromatic heterocycles. The minimum absolute atomic E-state index is 0.0639. The largest absolute Gasteiger partial charge is 0.360 e. The third kappa shape index (κ3) is 6.94. The number of anilines is 2. The third-order valence-corrected chi connectivity index (χ3v) is 5.31. The summed E-state index contributed by atoms with van der Waals surface area (Å²) in [5, 5.41) is 8.70. The Bertz CT molecular complexity index is 896. The van der Waals surface area contributed by atoms with E-state index in [4.69, 9.17) is 4.52 Å². The highest BCUT2D eigenvalue weighted by Gasteiger charge is 2.19. The average molecular weight is 419 g/mol. The lowest BCUT2D eigenvalue weighted by Crippen LogP contribution is -2.36. The number of hydrogen-bond donors (Lipinski definition) is 2. The molecule has 0 saturated carbocycles. The van der Waals surface area contributed by atoms with Gasteiger partial charge in [-0.25, -0.2) is 0 Å². The topological polar surface area (TPSA) is 105 Å². The van der Waals surface area contributed by atoms with E-state index in [-0.39, 0.29) is 30.0 Å². The number of benzene rings is 1. The van der Waals surface area contributed by atoms with Crippen LogP contribution < -0.4 is 10.6 Å². The second kappa shape index (κ2) is 10.1. The van der Waals surface area contributed by atoms with Crippen molar-refractivity contribution in [3.8, 4) is 0 Å². The quantitative estimate of drug-likeness (QED) is 0.683. The number of carbonyl (C=O) groups excluding carboxylic acids is 3. The second-order valence-corrected chi connectivity index (χ2v) is 8.21. The predicted octanol–water partition coefficient (Wildman–Crippen LogP) is 2.76. The summed E-state index contributed by atoms with van der Waals surface area (Å²) in [6.07, 6.45) is 0. The van der Waals surface area contributed by atoms with Crippen molar-refractivity contribution in [2.24, 2.45) is 0 Å². The lowest BCUT2D eigenvalue weighted by Gasteiger charge is -2.18. The molecule has 1 heterocycles. The Labute approximate surface area is 174 Å². The number of nitrogens with zero attached hydrogens (tertiary/aromatic N) is 2. The number of rotatable bonds is 8. The van der Waals surface area contributed by atoms with Crippen LogP contribution >= 0.6 is 11.8 Å². The number of nitrogens with one attached hydrogen (secondary N) is 2. The lowest BCUT2D eigenvalue weighted by molar-refractivity contribution is -0.131. The molecule has 1 atom stereocenters. The maximum Gasteiger partial charge on any atom is 0.243 e. The molecule has 0 unspecified atom stereocenters. The van der Waals surface area contributed by atoms with E-state index >= 15 is 0 Å². The number of aromatic nitrogens is 1. The number of amides is 3. The van der Waals surface area contributed by atoms with Crippen LogP contribution in [0.15, 0.2) is 28.8 Å². The van der Waals surface area contributed by atoms with E-state index < -0.39 is 5.25 Å². The minimum atomic E-state index is -0.465. The van der Waals surface area contributed by atoms with Gasteiger partial charge in [0.05, 0.1) is 17.5 Å². The zero-order valence-electron chi connectivity index (χ0n) is 17.2. The molecule has 2 N–H and O–H groups in total. The normalized spacial score (nSPS) is 11.6. The van der Waals surface area contributed by atoms with Crippen molar-refractivity contribution in [2.45, 2.75) is 32.9 Å². The van der Waals surface area contributed by atoms with Crippen LogP contribution in [0.5, 0.6) is 0 Å². The molecule has 0 spiro atoms. The first-order valence-corrected chi connectivity index (χ1v) is 10.2. The van der Waals surface area contributed by atoms with Gasteiger partial charge in [0, 0.05) is 18.8 Å². The van der Waals surface area contributed by atoms with Gasteiger partial charge in [-0.3, -0.25) is 14.4 Å². The van der Waals surface area contributed by atoms with Crippen molar-refractivity contribution < 1.29 is 18.9 Å². The number of likely N-dealkylation sites (N-methyl/N-ethyl adjacent to an activating group) is 1. The van der Waals surface area contributed by atoms with Crippen molar-refractivity contribution in [2.75, 3.05) is 30.0 Å². The van der Waals surface area contributed by atoms with Crippen molar-refractivity contribution in [3.05, 3.63) is 41.2 Å². The standard InChI is InChI=1S/C20H26N4O4S/c1-12-6-7-13(2)16(8-12)21-18(25)10-24(5)19(26)11-29-15(4)20(27)22-17-9-14(3)28-23-17/h6-9,15H,10-11H2,1-5H3,(H,21,25)(H,22,23,27)/t15-/m0/s1. The number of hydrogen-bond acceptors (Lipinski definition) is 6. The van der Waals surface area contributed by atoms with Gasteiger partial charge >= 0.3 is 0 Å². The maximum atomic E-state index is 12.3. The fourth-order valence-corrected chi connectivity index (χ4v) is 3.22. The van der Waals surface area contributed by atoms with Crippen LogP contribution in [0, 0.1) is 20.8 Å². The smallest absolute Gasteiger partial charge is 0.243 e. The first-order chi connectivity index (χ1) is 13.7. The summed E-state index contributed by atoms with van der Waals surface area (Å²) in [5.74, 6) is 0.240. The Morgan fingerprint density at radius 3 is 2.55 bits per heavy atom. The van der Waals surface area contributed by atoms with Gasteiger partial charge in [0.2, 0.25) is 17.7 Å². The summed E-state index contributed by atoms with van der Waals surface area (Å²) in [6, 6.07) is 7.41. The van der Waals surface area contributed by atoms with Crippen molar-refractivity contribution in [1.29, 1.82) is 0 Å². The molecule has 0 aliphatic heterocycles. The summed E-state index contributed by atoms with van der Waals surface area (Å²) in [5.41, 5.74) is 2.73. The molecular formula is C20H26N4O4S. The van der Waals surface area contributed by atoms with E-state index in [2.05, 4.69) is 15.8 Å². The van der Waals surface area contributed by atoms with Crippen molar-refractivity contribution >= 4 is 41.0 Å². The third-order valence-electron chi connectivity index (χ3n) is 4.18. The number of carbonyl (C=O) groups is 3. The Hall–Kier alpha value is -2.81. The summed E-state index contributed by atoms with van der Waals surface area (Å²) >= 11 is 1.19. The molecule has 29 heavy (non-hydrogen) atoms. The van der Waals surface area contributed by atoms with E-state index in [0.717, 1.165) is 16.8 Å². The van der Waals surface area contributed by atoms with Gasteiger partial charge in [-0.15, -0.1) is 11.8 Å². The molecule has 0 radical (unpaired) electrons. The van der Waals surface area contributed by atoms with Crippen molar-refractivity contribution in [1.82, 2.24) is 10.1 Å². The molecule has 8 nitrogen and oxygen atoms in total. The van der Waals surface area contributed by atoms with Crippen LogP contribution in [0.4, 0.5) is 11.5 Å². The average Bonchev–Trinajstić information content (AvgIpc) is 3.06. The van der Waals surface area contributed by atoms with E-state index in [1.165, 1.54) is 16.7 Å². The Morgan fingerprint density at radius 2 is 1.90 bits per heavy atom. The first kappa shape index (κ1) is 22.5. The lowest BCUT2D eigenvalue weighted by atomic mass is 10.1. The van der Waals surface area contributed by atoms with Gasteiger partial charge < -0.3 is 20.1 Å². The highest BCUT2D eigenvalue weighted by Crippen LogP contribution is 2.17. The van der Waals surface area contributed by atoms with Crippen LogP contribution in [-0.2, 0) is 14.4 Å². The van der Waals surface area contributed by atoms with Crippen molar-refractivity contribution in [3.63, 3.8) is 0 Å². The van der Waals surface area contributed by atoms with E-state index in [9.17, 15) is 14.4 Å².